The van der Waals surface area contributed by atoms with E-state index in [1.807, 2.05) is 0 Å². The third-order valence-electron chi connectivity index (χ3n) is 2.98. The Labute approximate surface area is 144 Å². The average molecular weight is 362 g/mol. The van der Waals surface area contributed by atoms with Crippen LogP contribution in [0.3, 0.4) is 0 Å². The van der Waals surface area contributed by atoms with Gasteiger partial charge in [0.1, 0.15) is 23.1 Å². The minimum absolute atomic E-state index is 0.0200. The maximum Gasteiger partial charge on any atom is 0.341 e. The van der Waals surface area contributed by atoms with Crippen LogP contribution >= 0.6 is 11.8 Å². The molecular formula is C14H10N4O6S. The first kappa shape index (κ1) is 18.0. The summed E-state index contributed by atoms with van der Waals surface area (Å²) >= 11 is 1.10. The molecule has 0 saturated carbocycles. The van der Waals surface area contributed by atoms with E-state index in [-0.39, 0.29) is 33.4 Å². The van der Waals surface area contributed by atoms with Crippen molar-refractivity contribution < 1.29 is 19.6 Å². The van der Waals surface area contributed by atoms with E-state index in [0.717, 1.165) is 23.9 Å². The number of carbonyl (C=O) groups is 1. The zero-order valence-corrected chi connectivity index (χ0v) is 13.5. The minimum atomic E-state index is -1.26. The number of nitro benzene ring substituents is 1. The summed E-state index contributed by atoms with van der Waals surface area (Å²) in [5.74, 6) is -1.30. The Hall–Kier alpha value is -3.39. The molecule has 25 heavy (non-hydrogen) atoms. The highest BCUT2D eigenvalue weighted by Crippen LogP contribution is 2.34. The first-order chi connectivity index (χ1) is 11.9. The number of benzene rings is 1. The fourth-order valence-electron chi connectivity index (χ4n) is 1.93. The Kier molecular flexibility index (Phi) is 5.35. The van der Waals surface area contributed by atoms with E-state index in [4.69, 9.17) is 9.84 Å². The molecule has 0 radical (unpaired) electrons. The van der Waals surface area contributed by atoms with Gasteiger partial charge in [-0.2, -0.15) is 5.26 Å². The fourth-order valence-corrected chi connectivity index (χ4v) is 2.31. The standard InChI is InChI=1S/C14H10N4O6S/c1-25-14-16-12(9(5-15)13(21)17-14)8-4-7(18(22)23)2-3-10(8)24-6-11(19)20/h2-4H,6H2,1H3,(H,19,20)(H,16,17,21). The van der Waals surface area contributed by atoms with E-state index < -0.39 is 23.1 Å². The zero-order valence-electron chi connectivity index (χ0n) is 12.7. The van der Waals surface area contributed by atoms with Crippen molar-refractivity contribution in [3.8, 4) is 23.1 Å². The van der Waals surface area contributed by atoms with Gasteiger partial charge in [0.2, 0.25) is 0 Å². The first-order valence-electron chi connectivity index (χ1n) is 6.59. The third-order valence-corrected chi connectivity index (χ3v) is 3.56. The summed E-state index contributed by atoms with van der Waals surface area (Å²) in [6.45, 7) is -0.703. The molecule has 0 fully saturated rings. The van der Waals surface area contributed by atoms with Gasteiger partial charge in [-0.25, -0.2) is 9.78 Å². The molecule has 0 atom stereocenters. The predicted molar refractivity (Wildman–Crippen MR) is 86.6 cm³/mol. The van der Waals surface area contributed by atoms with Crippen LogP contribution in [0.15, 0.2) is 28.2 Å². The molecule has 2 aromatic rings. The van der Waals surface area contributed by atoms with Crippen molar-refractivity contribution in [1.82, 2.24) is 9.97 Å². The second kappa shape index (κ2) is 7.45. The highest BCUT2D eigenvalue weighted by atomic mass is 32.2. The summed E-state index contributed by atoms with van der Waals surface area (Å²) in [6, 6.07) is 5.08. The van der Waals surface area contributed by atoms with Crippen molar-refractivity contribution in [3.05, 3.63) is 44.2 Å². The predicted octanol–water partition coefficient (Wildman–Crippen LogP) is 1.40. The van der Waals surface area contributed by atoms with Gasteiger partial charge in [-0.1, -0.05) is 11.8 Å². The quantitative estimate of drug-likeness (QED) is 0.335. The van der Waals surface area contributed by atoms with Gasteiger partial charge in [-0.15, -0.1) is 0 Å². The number of H-pyrrole nitrogens is 1. The van der Waals surface area contributed by atoms with Gasteiger partial charge < -0.3 is 14.8 Å². The summed E-state index contributed by atoms with van der Waals surface area (Å²) in [5, 5.41) is 29.2. The normalized spacial score (nSPS) is 10.1. The van der Waals surface area contributed by atoms with E-state index in [9.17, 15) is 25.0 Å². The molecule has 0 spiro atoms. The van der Waals surface area contributed by atoms with Crippen molar-refractivity contribution in [2.75, 3.05) is 12.9 Å². The van der Waals surface area contributed by atoms with Crippen LogP contribution in [-0.2, 0) is 4.79 Å². The Balaban J connectivity index is 2.75. The van der Waals surface area contributed by atoms with Crippen LogP contribution in [0.25, 0.3) is 11.3 Å². The maximum absolute atomic E-state index is 12.0. The number of carboxylic acid groups (broad SMARTS) is 1. The summed E-state index contributed by atoms with van der Waals surface area (Å²) in [4.78, 5) is 39.6. The Morgan fingerprint density at radius 3 is 2.84 bits per heavy atom. The van der Waals surface area contributed by atoms with Gasteiger partial charge in [-0.3, -0.25) is 14.9 Å². The molecule has 0 aliphatic carbocycles. The first-order valence-corrected chi connectivity index (χ1v) is 7.81. The van der Waals surface area contributed by atoms with E-state index in [0.29, 0.717) is 0 Å². The van der Waals surface area contributed by atoms with Crippen molar-refractivity contribution >= 4 is 23.4 Å². The number of carboxylic acids is 1. The van der Waals surface area contributed by atoms with Crippen molar-refractivity contribution in [3.63, 3.8) is 0 Å². The lowest BCUT2D eigenvalue weighted by molar-refractivity contribution is -0.384. The molecule has 0 aliphatic heterocycles. The number of non-ortho nitro benzene ring substituents is 1. The van der Waals surface area contributed by atoms with Gasteiger partial charge in [0.25, 0.3) is 11.2 Å². The molecule has 11 heteroatoms. The number of thioether (sulfide) groups is 1. The lowest BCUT2D eigenvalue weighted by atomic mass is 10.1. The highest BCUT2D eigenvalue weighted by molar-refractivity contribution is 7.98. The molecule has 0 unspecified atom stereocenters. The van der Waals surface area contributed by atoms with Gasteiger partial charge in [-0.05, 0) is 12.3 Å². The van der Waals surface area contributed by atoms with Crippen molar-refractivity contribution in [1.29, 1.82) is 5.26 Å². The number of aliphatic carboxylic acids is 1. The third kappa shape index (κ3) is 3.93. The van der Waals surface area contributed by atoms with Crippen LogP contribution in [0.2, 0.25) is 0 Å². The van der Waals surface area contributed by atoms with Crippen LogP contribution in [0, 0.1) is 21.4 Å². The summed E-state index contributed by atoms with van der Waals surface area (Å²) in [7, 11) is 0. The van der Waals surface area contributed by atoms with Gasteiger partial charge in [0.15, 0.2) is 11.8 Å². The molecule has 0 bridgehead atoms. The number of nitriles is 1. The topological polar surface area (TPSA) is 159 Å². The van der Waals surface area contributed by atoms with E-state index in [1.165, 1.54) is 6.07 Å². The number of aromatic amines is 1. The smallest absolute Gasteiger partial charge is 0.341 e. The molecule has 0 saturated heterocycles. The molecule has 1 aromatic heterocycles. The van der Waals surface area contributed by atoms with E-state index >= 15 is 0 Å². The zero-order chi connectivity index (χ0) is 18.6. The Morgan fingerprint density at radius 1 is 1.56 bits per heavy atom. The number of nitrogens with zero attached hydrogens (tertiary/aromatic N) is 3. The molecule has 0 amide bonds. The van der Waals surface area contributed by atoms with E-state index in [1.54, 1.807) is 12.3 Å². The van der Waals surface area contributed by atoms with Crippen LogP contribution in [0.1, 0.15) is 5.56 Å². The molecule has 2 rings (SSSR count). The number of hydrogen-bond donors (Lipinski definition) is 2. The van der Waals surface area contributed by atoms with Gasteiger partial charge in [0, 0.05) is 12.1 Å². The van der Waals surface area contributed by atoms with Crippen LogP contribution < -0.4 is 10.3 Å². The molecule has 0 aliphatic rings. The number of nitrogens with one attached hydrogen (secondary N) is 1. The number of rotatable bonds is 6. The monoisotopic (exact) mass is 362 g/mol. The maximum atomic E-state index is 12.0. The number of nitro groups is 1. The molecule has 2 N–H and O–H groups in total. The van der Waals surface area contributed by atoms with Gasteiger partial charge >= 0.3 is 5.97 Å². The molecule has 128 valence electrons. The summed E-state index contributed by atoms with van der Waals surface area (Å²) < 4.78 is 5.11. The van der Waals surface area contributed by atoms with Crippen molar-refractivity contribution in [2.24, 2.45) is 0 Å². The summed E-state index contributed by atoms with van der Waals surface area (Å²) in [6.07, 6.45) is 1.64. The SMILES string of the molecule is CSc1nc(-c2cc([N+](=O)[O-])ccc2OCC(=O)O)c(C#N)c(=O)[nH]1. The Morgan fingerprint density at radius 2 is 2.28 bits per heavy atom. The Bertz CT molecular complexity index is 949. The molecule has 1 aromatic carbocycles. The number of aromatic nitrogens is 2. The molecular weight excluding hydrogens is 352 g/mol. The highest BCUT2D eigenvalue weighted by Gasteiger charge is 2.21. The molecule has 10 nitrogen and oxygen atoms in total. The van der Waals surface area contributed by atoms with Crippen LogP contribution in [0.5, 0.6) is 5.75 Å². The minimum Gasteiger partial charge on any atom is -0.481 e. The lowest BCUT2D eigenvalue weighted by Crippen LogP contribution is -2.15. The number of ether oxygens (including phenoxy) is 1. The van der Waals surface area contributed by atoms with Crippen molar-refractivity contribution in [2.45, 2.75) is 5.16 Å². The van der Waals surface area contributed by atoms with E-state index in [2.05, 4.69) is 9.97 Å². The van der Waals surface area contributed by atoms with Crippen LogP contribution in [0.4, 0.5) is 5.69 Å². The largest absolute Gasteiger partial charge is 0.481 e. The fraction of sp³-hybridized carbons (Fsp3) is 0.143. The molecule has 1 heterocycles. The summed E-state index contributed by atoms with van der Waals surface area (Å²) in [5.41, 5.74) is -1.55. The van der Waals surface area contributed by atoms with Crippen LogP contribution in [-0.4, -0.2) is 38.8 Å². The lowest BCUT2D eigenvalue weighted by Gasteiger charge is -2.11. The second-order valence-electron chi connectivity index (χ2n) is 4.53. The van der Waals surface area contributed by atoms with Gasteiger partial charge in [0.05, 0.1) is 10.5 Å². The number of hydrogen-bond acceptors (Lipinski definition) is 8. The second-order valence-corrected chi connectivity index (χ2v) is 5.33. The average Bonchev–Trinajstić information content (AvgIpc) is 2.58.